The number of amides is 1. The topological polar surface area (TPSA) is 104 Å². The van der Waals surface area contributed by atoms with Crippen LogP contribution in [0.2, 0.25) is 5.02 Å². The second-order valence-corrected chi connectivity index (χ2v) is 9.81. The Morgan fingerprint density at radius 3 is 2.79 bits per heavy atom. The molecule has 1 atom stereocenters. The molecule has 0 saturated carbocycles. The number of imidazole rings is 1. The van der Waals surface area contributed by atoms with Gasteiger partial charge in [0, 0.05) is 20.7 Å². The molecule has 4 heterocycles. The standard InChI is InChI=1S/C22H23ClN6O4S/c1-12-6-7-14(23)18-16(12)25-21(34-18)29(9-13-5-4-8-33-13)15(30)10-28-11-24-19-17(28)20(31)27(3)22(32)26(19)2/h6-7,11,13H,4-5,8-10H2,1-3H3. The normalized spacial score (nSPS) is 16.1. The number of carbonyl (C=O) groups excluding carboxylic acids is 1. The number of thiazole rings is 1. The highest BCUT2D eigenvalue weighted by molar-refractivity contribution is 7.23. The Balaban J connectivity index is 1.56. The van der Waals surface area contributed by atoms with E-state index in [1.165, 1.54) is 33.8 Å². The fraction of sp³-hybridized carbons (Fsp3) is 0.409. The Hall–Kier alpha value is -3.02. The number of nitrogens with zero attached hydrogens (tertiary/aromatic N) is 6. The molecule has 0 radical (unpaired) electrons. The quantitative estimate of drug-likeness (QED) is 0.414. The van der Waals surface area contributed by atoms with Crippen LogP contribution in [0.5, 0.6) is 0 Å². The van der Waals surface area contributed by atoms with Gasteiger partial charge in [-0.25, -0.2) is 14.8 Å². The molecule has 34 heavy (non-hydrogen) atoms. The molecule has 178 valence electrons. The number of ether oxygens (including phenoxy) is 1. The summed E-state index contributed by atoms with van der Waals surface area (Å²) in [5, 5.41) is 1.11. The van der Waals surface area contributed by atoms with E-state index in [1.54, 1.807) is 11.9 Å². The molecule has 1 unspecified atom stereocenters. The van der Waals surface area contributed by atoms with Crippen LogP contribution >= 0.6 is 22.9 Å². The number of benzene rings is 1. The lowest BCUT2D eigenvalue weighted by Gasteiger charge is -2.23. The van der Waals surface area contributed by atoms with Crippen LogP contribution in [0.25, 0.3) is 21.4 Å². The maximum atomic E-state index is 13.6. The first-order valence-corrected chi connectivity index (χ1v) is 12.0. The van der Waals surface area contributed by atoms with Gasteiger partial charge in [-0.15, -0.1) is 0 Å². The van der Waals surface area contributed by atoms with Crippen LogP contribution in [0.15, 0.2) is 28.0 Å². The number of hydrogen-bond acceptors (Lipinski definition) is 7. The van der Waals surface area contributed by atoms with Gasteiger partial charge in [0.1, 0.15) is 6.54 Å². The van der Waals surface area contributed by atoms with Gasteiger partial charge in [0.15, 0.2) is 16.3 Å². The minimum Gasteiger partial charge on any atom is -0.376 e. The van der Waals surface area contributed by atoms with E-state index in [1.807, 2.05) is 19.1 Å². The van der Waals surface area contributed by atoms with Crippen LogP contribution < -0.4 is 16.1 Å². The third-order valence-electron chi connectivity index (χ3n) is 6.15. The van der Waals surface area contributed by atoms with E-state index in [4.69, 9.17) is 21.3 Å². The maximum Gasteiger partial charge on any atom is 0.332 e. The van der Waals surface area contributed by atoms with E-state index in [9.17, 15) is 14.4 Å². The molecule has 10 nitrogen and oxygen atoms in total. The number of carbonyl (C=O) groups is 1. The molecule has 0 aliphatic carbocycles. The first-order valence-electron chi connectivity index (χ1n) is 10.8. The SMILES string of the molecule is Cc1ccc(Cl)c2sc(N(CC3CCCO3)C(=O)Cn3cnc4c3c(=O)n(C)c(=O)n4C)nc12. The molecule has 1 amide bonds. The molecule has 1 saturated heterocycles. The van der Waals surface area contributed by atoms with Gasteiger partial charge in [-0.1, -0.05) is 29.0 Å². The zero-order valence-corrected chi connectivity index (χ0v) is 20.5. The summed E-state index contributed by atoms with van der Waals surface area (Å²) in [6.07, 6.45) is 3.10. The minimum absolute atomic E-state index is 0.0965. The van der Waals surface area contributed by atoms with E-state index in [0.717, 1.165) is 33.2 Å². The Morgan fingerprint density at radius 1 is 1.29 bits per heavy atom. The monoisotopic (exact) mass is 502 g/mol. The average Bonchev–Trinajstić information content (AvgIpc) is 3.57. The first-order chi connectivity index (χ1) is 16.3. The van der Waals surface area contributed by atoms with Gasteiger partial charge in [0.05, 0.1) is 34.2 Å². The average molecular weight is 503 g/mol. The Kier molecular flexibility index (Phi) is 5.78. The fourth-order valence-corrected chi connectivity index (χ4v) is 5.58. The van der Waals surface area contributed by atoms with Crippen molar-refractivity contribution >= 4 is 55.4 Å². The highest BCUT2D eigenvalue weighted by Gasteiger charge is 2.28. The largest absolute Gasteiger partial charge is 0.376 e. The smallest absolute Gasteiger partial charge is 0.332 e. The van der Waals surface area contributed by atoms with Crippen molar-refractivity contribution < 1.29 is 9.53 Å². The molecule has 0 spiro atoms. The molecule has 0 bridgehead atoms. The molecule has 1 fully saturated rings. The summed E-state index contributed by atoms with van der Waals surface area (Å²) in [5.41, 5.74) is 1.17. The van der Waals surface area contributed by atoms with Crippen molar-refractivity contribution in [2.24, 2.45) is 14.1 Å². The van der Waals surface area contributed by atoms with E-state index in [-0.39, 0.29) is 29.7 Å². The van der Waals surface area contributed by atoms with Crippen molar-refractivity contribution in [2.45, 2.75) is 32.4 Å². The summed E-state index contributed by atoms with van der Waals surface area (Å²) in [6, 6.07) is 3.73. The first kappa shape index (κ1) is 22.8. The summed E-state index contributed by atoms with van der Waals surface area (Å²) in [7, 11) is 2.94. The van der Waals surface area contributed by atoms with Crippen molar-refractivity contribution in [3.63, 3.8) is 0 Å². The second-order valence-electron chi connectivity index (χ2n) is 8.43. The van der Waals surface area contributed by atoms with E-state index in [2.05, 4.69) is 4.98 Å². The molecule has 1 aliphatic heterocycles. The van der Waals surface area contributed by atoms with Crippen LogP contribution in [0.4, 0.5) is 5.13 Å². The van der Waals surface area contributed by atoms with Crippen molar-refractivity contribution in [3.8, 4) is 0 Å². The van der Waals surface area contributed by atoms with Gasteiger partial charge >= 0.3 is 5.69 Å². The van der Waals surface area contributed by atoms with Crippen molar-refractivity contribution in [2.75, 3.05) is 18.1 Å². The molecular formula is C22H23ClN6O4S. The van der Waals surface area contributed by atoms with Crippen LogP contribution in [-0.4, -0.2) is 48.8 Å². The predicted molar refractivity (Wildman–Crippen MR) is 131 cm³/mol. The summed E-state index contributed by atoms with van der Waals surface area (Å²) in [4.78, 5) is 49.2. The summed E-state index contributed by atoms with van der Waals surface area (Å²) in [6.45, 7) is 2.82. The number of anilines is 1. The lowest BCUT2D eigenvalue weighted by Crippen LogP contribution is -2.40. The highest BCUT2D eigenvalue weighted by atomic mass is 35.5. The molecular weight excluding hydrogens is 480 g/mol. The molecule has 5 rings (SSSR count). The molecule has 1 aliphatic rings. The van der Waals surface area contributed by atoms with Gasteiger partial charge in [0.2, 0.25) is 5.91 Å². The summed E-state index contributed by atoms with van der Waals surface area (Å²) < 4.78 is 10.4. The van der Waals surface area contributed by atoms with E-state index >= 15 is 0 Å². The van der Waals surface area contributed by atoms with Crippen molar-refractivity contribution in [1.29, 1.82) is 0 Å². The number of halogens is 1. The zero-order chi connectivity index (χ0) is 24.1. The van der Waals surface area contributed by atoms with E-state index < -0.39 is 11.2 Å². The molecule has 0 N–H and O–H groups in total. The van der Waals surface area contributed by atoms with Gasteiger partial charge in [0.25, 0.3) is 5.56 Å². The summed E-state index contributed by atoms with van der Waals surface area (Å²) >= 11 is 7.76. The van der Waals surface area contributed by atoms with Gasteiger partial charge in [-0.3, -0.25) is 23.6 Å². The lowest BCUT2D eigenvalue weighted by molar-refractivity contribution is -0.119. The van der Waals surface area contributed by atoms with Crippen LogP contribution in [0.3, 0.4) is 0 Å². The summed E-state index contributed by atoms with van der Waals surface area (Å²) in [5.74, 6) is -0.265. The Labute approximate surface area is 203 Å². The molecule has 4 aromatic rings. The van der Waals surface area contributed by atoms with Crippen LogP contribution in [-0.2, 0) is 30.2 Å². The molecule has 12 heteroatoms. The molecule has 3 aromatic heterocycles. The third kappa shape index (κ3) is 3.73. The number of rotatable bonds is 5. The number of hydrogen-bond donors (Lipinski definition) is 0. The van der Waals surface area contributed by atoms with Gasteiger partial charge < -0.3 is 9.30 Å². The van der Waals surface area contributed by atoms with E-state index in [0.29, 0.717) is 23.3 Å². The zero-order valence-electron chi connectivity index (χ0n) is 18.9. The Morgan fingerprint density at radius 2 is 2.09 bits per heavy atom. The third-order valence-corrected chi connectivity index (χ3v) is 7.69. The van der Waals surface area contributed by atoms with Gasteiger partial charge in [-0.05, 0) is 31.4 Å². The fourth-order valence-electron chi connectivity index (χ4n) is 4.23. The van der Waals surface area contributed by atoms with Crippen LogP contribution in [0, 0.1) is 6.92 Å². The Bertz CT molecular complexity index is 1510. The van der Waals surface area contributed by atoms with Crippen molar-refractivity contribution in [1.82, 2.24) is 23.7 Å². The molecule has 1 aromatic carbocycles. The predicted octanol–water partition coefficient (Wildman–Crippen LogP) is 2.22. The second kappa shape index (κ2) is 8.64. The van der Waals surface area contributed by atoms with Gasteiger partial charge in [-0.2, -0.15) is 0 Å². The highest BCUT2D eigenvalue weighted by Crippen LogP contribution is 2.36. The van der Waals surface area contributed by atoms with Crippen LogP contribution in [0.1, 0.15) is 18.4 Å². The number of aromatic nitrogens is 5. The number of fused-ring (bicyclic) bond motifs is 2. The lowest BCUT2D eigenvalue weighted by atomic mass is 10.2. The maximum absolute atomic E-state index is 13.6. The minimum atomic E-state index is -0.503. The van der Waals surface area contributed by atoms with Crippen molar-refractivity contribution in [3.05, 3.63) is 49.9 Å². The number of aryl methyl sites for hydroxylation is 2.